The molecule has 0 aromatic heterocycles. The van der Waals surface area contributed by atoms with Gasteiger partial charge in [-0.2, -0.15) is 0 Å². The number of rotatable bonds is 6. The molecule has 130 valence electrons. The van der Waals surface area contributed by atoms with E-state index in [4.69, 9.17) is 0 Å². The van der Waals surface area contributed by atoms with Crippen LogP contribution in [-0.4, -0.2) is 64.0 Å². The number of likely N-dealkylation sites (tertiary alicyclic amines) is 1. The molecule has 1 saturated heterocycles. The SMILES string of the molecule is CC(O)CN1CCC(CN(C)c2ccc(S(C)(=O)=O)cc2)CC1. The molecule has 1 aromatic rings. The summed E-state index contributed by atoms with van der Waals surface area (Å²) in [7, 11) is -1.08. The molecule has 2 rings (SSSR count). The van der Waals surface area contributed by atoms with Gasteiger partial charge in [-0.05, 0) is 63.0 Å². The molecule has 23 heavy (non-hydrogen) atoms. The molecule has 1 aliphatic heterocycles. The van der Waals surface area contributed by atoms with Gasteiger partial charge in [0.25, 0.3) is 0 Å². The summed E-state index contributed by atoms with van der Waals surface area (Å²) < 4.78 is 23.0. The van der Waals surface area contributed by atoms with Gasteiger partial charge in [0.2, 0.25) is 0 Å². The van der Waals surface area contributed by atoms with Crippen molar-refractivity contribution in [1.82, 2.24) is 4.90 Å². The summed E-state index contributed by atoms with van der Waals surface area (Å²) in [5.74, 6) is 0.639. The Balaban J connectivity index is 1.87. The molecule has 1 aliphatic rings. The number of aliphatic hydroxyl groups is 1. The average molecular weight is 340 g/mol. The van der Waals surface area contributed by atoms with Crippen LogP contribution in [0.4, 0.5) is 5.69 Å². The van der Waals surface area contributed by atoms with E-state index in [9.17, 15) is 13.5 Å². The number of aliphatic hydroxyl groups excluding tert-OH is 1. The summed E-state index contributed by atoms with van der Waals surface area (Å²) >= 11 is 0. The lowest BCUT2D eigenvalue weighted by molar-refractivity contribution is 0.101. The number of piperidine rings is 1. The lowest BCUT2D eigenvalue weighted by Gasteiger charge is -2.35. The third kappa shape index (κ3) is 5.48. The van der Waals surface area contributed by atoms with Crippen LogP contribution in [0.5, 0.6) is 0 Å². The number of nitrogens with zero attached hydrogens (tertiary/aromatic N) is 2. The fraction of sp³-hybridized carbons (Fsp3) is 0.647. The molecular formula is C17H28N2O3S. The highest BCUT2D eigenvalue weighted by Crippen LogP contribution is 2.22. The van der Waals surface area contributed by atoms with E-state index in [-0.39, 0.29) is 6.10 Å². The van der Waals surface area contributed by atoms with Crippen molar-refractivity contribution in [2.24, 2.45) is 5.92 Å². The van der Waals surface area contributed by atoms with Crippen LogP contribution in [0.3, 0.4) is 0 Å². The Kier molecular flexibility index (Phi) is 6.06. The number of β-amino-alcohol motifs (C(OH)–C–C–N with tert-alkyl or cyclic N) is 1. The molecule has 0 saturated carbocycles. The van der Waals surface area contributed by atoms with E-state index in [0.717, 1.165) is 44.7 Å². The van der Waals surface area contributed by atoms with Crippen molar-refractivity contribution < 1.29 is 13.5 Å². The molecule has 1 fully saturated rings. The van der Waals surface area contributed by atoms with Crippen LogP contribution in [0, 0.1) is 5.92 Å². The second-order valence-corrected chi connectivity index (χ2v) is 8.76. The fourth-order valence-electron chi connectivity index (χ4n) is 3.17. The molecule has 1 heterocycles. The molecule has 1 unspecified atom stereocenters. The Hall–Kier alpha value is -1.11. The van der Waals surface area contributed by atoms with Gasteiger partial charge in [0.15, 0.2) is 9.84 Å². The minimum atomic E-state index is -3.13. The molecule has 0 spiro atoms. The van der Waals surface area contributed by atoms with Gasteiger partial charge in [0.05, 0.1) is 11.0 Å². The maximum Gasteiger partial charge on any atom is 0.175 e. The second kappa shape index (κ2) is 7.64. The molecule has 0 amide bonds. The van der Waals surface area contributed by atoms with Gasteiger partial charge < -0.3 is 14.9 Å². The summed E-state index contributed by atoms with van der Waals surface area (Å²) in [5.41, 5.74) is 1.05. The Labute approximate surface area is 139 Å². The van der Waals surface area contributed by atoms with Crippen molar-refractivity contribution in [1.29, 1.82) is 0 Å². The Morgan fingerprint density at radius 2 is 1.83 bits per heavy atom. The van der Waals surface area contributed by atoms with Crippen LogP contribution in [0.15, 0.2) is 29.2 Å². The summed E-state index contributed by atoms with van der Waals surface area (Å²) in [6, 6.07) is 7.09. The normalized spacial score (nSPS) is 18.8. The fourth-order valence-corrected chi connectivity index (χ4v) is 3.80. The van der Waals surface area contributed by atoms with Crippen molar-refractivity contribution >= 4 is 15.5 Å². The van der Waals surface area contributed by atoms with E-state index in [2.05, 4.69) is 16.8 Å². The molecule has 1 N–H and O–H groups in total. The molecule has 1 aromatic carbocycles. The number of anilines is 1. The third-order valence-electron chi connectivity index (χ3n) is 4.47. The highest BCUT2D eigenvalue weighted by molar-refractivity contribution is 7.90. The lowest BCUT2D eigenvalue weighted by atomic mass is 9.96. The molecule has 0 aliphatic carbocycles. The van der Waals surface area contributed by atoms with Crippen molar-refractivity contribution in [2.45, 2.75) is 30.8 Å². The number of sulfone groups is 1. The molecule has 0 bridgehead atoms. The van der Waals surface area contributed by atoms with Gasteiger partial charge in [0.1, 0.15) is 0 Å². The maximum atomic E-state index is 11.5. The number of benzene rings is 1. The van der Waals surface area contributed by atoms with Crippen LogP contribution in [-0.2, 0) is 9.84 Å². The molecule has 5 nitrogen and oxygen atoms in total. The van der Waals surface area contributed by atoms with Gasteiger partial charge in [-0.1, -0.05) is 0 Å². The molecule has 6 heteroatoms. The highest BCUT2D eigenvalue weighted by Gasteiger charge is 2.21. The van der Waals surface area contributed by atoms with Gasteiger partial charge in [-0.15, -0.1) is 0 Å². The van der Waals surface area contributed by atoms with Crippen LogP contribution >= 0.6 is 0 Å². The standard InChI is InChI=1S/C17H28N2O3S/c1-14(20)12-19-10-8-15(9-11-19)13-18(2)16-4-6-17(7-5-16)23(3,21)22/h4-7,14-15,20H,8-13H2,1-3H3. The van der Waals surface area contributed by atoms with Gasteiger partial charge in [-0.3, -0.25) is 0 Å². The predicted molar refractivity (Wildman–Crippen MR) is 93.7 cm³/mol. The highest BCUT2D eigenvalue weighted by atomic mass is 32.2. The first-order chi connectivity index (χ1) is 10.8. The topological polar surface area (TPSA) is 60.9 Å². The Morgan fingerprint density at radius 3 is 2.30 bits per heavy atom. The molecule has 1 atom stereocenters. The van der Waals surface area contributed by atoms with Crippen molar-refractivity contribution in [3.8, 4) is 0 Å². The summed E-state index contributed by atoms with van der Waals surface area (Å²) in [6.07, 6.45) is 3.24. The van der Waals surface area contributed by atoms with E-state index in [1.165, 1.54) is 6.26 Å². The van der Waals surface area contributed by atoms with Gasteiger partial charge in [-0.25, -0.2) is 8.42 Å². The smallest absolute Gasteiger partial charge is 0.175 e. The van der Waals surface area contributed by atoms with Crippen LogP contribution in [0.25, 0.3) is 0 Å². The Morgan fingerprint density at radius 1 is 1.26 bits per heavy atom. The van der Waals surface area contributed by atoms with Crippen LogP contribution in [0.1, 0.15) is 19.8 Å². The van der Waals surface area contributed by atoms with Crippen molar-refractivity contribution in [3.63, 3.8) is 0 Å². The summed E-state index contributed by atoms with van der Waals surface area (Å²) in [6.45, 7) is 5.64. The zero-order valence-corrected chi connectivity index (χ0v) is 15.1. The molecule has 0 radical (unpaired) electrons. The monoisotopic (exact) mass is 340 g/mol. The zero-order chi connectivity index (χ0) is 17.0. The van der Waals surface area contributed by atoms with Gasteiger partial charge in [0, 0.05) is 32.1 Å². The van der Waals surface area contributed by atoms with E-state index in [1.54, 1.807) is 12.1 Å². The van der Waals surface area contributed by atoms with Gasteiger partial charge >= 0.3 is 0 Å². The zero-order valence-electron chi connectivity index (χ0n) is 14.3. The van der Waals surface area contributed by atoms with Crippen LogP contribution in [0.2, 0.25) is 0 Å². The number of hydrogen-bond acceptors (Lipinski definition) is 5. The first kappa shape index (κ1) is 18.2. The third-order valence-corrected chi connectivity index (χ3v) is 5.60. The maximum absolute atomic E-state index is 11.5. The Bertz CT molecular complexity index is 591. The first-order valence-corrected chi connectivity index (χ1v) is 10.1. The van der Waals surface area contributed by atoms with E-state index in [0.29, 0.717) is 10.8 Å². The minimum absolute atomic E-state index is 0.261. The minimum Gasteiger partial charge on any atom is -0.392 e. The number of hydrogen-bond donors (Lipinski definition) is 1. The quantitative estimate of drug-likeness (QED) is 0.853. The first-order valence-electron chi connectivity index (χ1n) is 8.17. The van der Waals surface area contributed by atoms with Crippen LogP contribution < -0.4 is 4.90 Å². The van der Waals surface area contributed by atoms with E-state index < -0.39 is 9.84 Å². The predicted octanol–water partition coefficient (Wildman–Crippen LogP) is 1.62. The van der Waals surface area contributed by atoms with Crippen molar-refractivity contribution in [3.05, 3.63) is 24.3 Å². The van der Waals surface area contributed by atoms with E-state index >= 15 is 0 Å². The lowest BCUT2D eigenvalue weighted by Crippen LogP contribution is -2.40. The second-order valence-electron chi connectivity index (χ2n) is 6.74. The van der Waals surface area contributed by atoms with Crippen molar-refractivity contribution in [2.75, 3.05) is 44.4 Å². The average Bonchev–Trinajstić information content (AvgIpc) is 2.48. The summed E-state index contributed by atoms with van der Waals surface area (Å²) in [5, 5.41) is 9.45. The summed E-state index contributed by atoms with van der Waals surface area (Å²) in [4.78, 5) is 4.88. The van der Waals surface area contributed by atoms with E-state index in [1.807, 2.05) is 19.1 Å². The molecular weight excluding hydrogens is 312 g/mol. The largest absolute Gasteiger partial charge is 0.392 e.